The van der Waals surface area contributed by atoms with Crippen molar-refractivity contribution in [2.45, 2.75) is 154 Å². The van der Waals surface area contributed by atoms with Crippen molar-refractivity contribution in [3.63, 3.8) is 0 Å². The third kappa shape index (κ3) is 5.42. The first kappa shape index (κ1) is 36.5. The molecular weight excluding hydrogens is 614 g/mol. The molecule has 40 heavy (non-hydrogen) atoms. The number of hydrogen-bond donors (Lipinski definition) is 0. The summed E-state index contributed by atoms with van der Waals surface area (Å²) < 4.78 is 7.45. The van der Waals surface area contributed by atoms with Crippen LogP contribution in [0.4, 0.5) is 0 Å². The molecule has 2 unspecified atom stereocenters. The molecule has 0 bridgehead atoms. The van der Waals surface area contributed by atoms with Gasteiger partial charge in [-0.1, -0.05) is 125 Å². The zero-order valence-corrected chi connectivity index (χ0v) is 29.1. The summed E-state index contributed by atoms with van der Waals surface area (Å²) in [5.74, 6) is 0. The Hall–Kier alpha value is 0.351. The van der Waals surface area contributed by atoms with Crippen LogP contribution in [0.25, 0.3) is 0 Å². The van der Waals surface area contributed by atoms with Gasteiger partial charge in [-0.05, 0) is 57.8 Å². The van der Waals surface area contributed by atoms with E-state index in [1.165, 1.54) is 22.6 Å². The summed E-state index contributed by atoms with van der Waals surface area (Å²) >= 11 is 0. The standard InChI is InChI=1S/C36H62N2O.Ba.2H/c1-28(2,3)24-22-26(30(7,8)9)37-35(24,32(13,14)15)34(20-19-21-39-34)36(33(16,17)18)25(29(4,5)6)23-27(38-36)31(10,11)12;;;/h22-23H,19-21H2,1-18H3;;;. The predicted molar refractivity (Wildman–Crippen MR) is 180 cm³/mol. The number of rotatable bonds is 2. The number of aliphatic imine (C=N–C) groups is 2. The molecule has 3 nitrogen and oxygen atoms in total. The van der Waals surface area contributed by atoms with Crippen molar-refractivity contribution < 1.29 is 4.74 Å². The Balaban J connectivity index is 0.00000560. The van der Waals surface area contributed by atoms with E-state index < -0.39 is 16.7 Å². The molecule has 1 saturated heterocycles. The van der Waals surface area contributed by atoms with E-state index in [2.05, 4.69) is 137 Å². The van der Waals surface area contributed by atoms with Crippen LogP contribution in [-0.4, -0.2) is 83.6 Å². The van der Waals surface area contributed by atoms with E-state index in [9.17, 15) is 0 Å². The Bertz CT molecular complexity index is 1020. The van der Waals surface area contributed by atoms with Crippen LogP contribution in [0.2, 0.25) is 0 Å². The van der Waals surface area contributed by atoms with Gasteiger partial charge in [0.2, 0.25) is 0 Å². The molecule has 0 aromatic rings. The molecule has 0 N–H and O–H groups in total. The molecule has 0 aromatic carbocycles. The normalized spacial score (nSPS) is 30.6. The third-order valence-electron chi connectivity index (χ3n) is 9.43. The Morgan fingerprint density at radius 1 is 0.550 bits per heavy atom. The maximum absolute atomic E-state index is 7.45. The van der Waals surface area contributed by atoms with Gasteiger partial charge in [-0.25, -0.2) is 0 Å². The van der Waals surface area contributed by atoms with E-state index in [0.29, 0.717) is 0 Å². The Kier molecular flexibility index (Phi) is 9.56. The molecule has 1 fully saturated rings. The van der Waals surface area contributed by atoms with Crippen molar-refractivity contribution in [2.75, 3.05) is 6.61 Å². The SMILES string of the molecule is CC(C)(C)C1=CC(C(C)(C)C)=NC1(C(C)(C)C)C1(C2(C(C)(C)C)N=C(C(C)(C)C)C=C2C(C)(C)C)CCCO1.[BaH2]. The average molecular weight is 678 g/mol. The first-order valence-corrected chi connectivity index (χ1v) is 15.4. The van der Waals surface area contributed by atoms with Crippen molar-refractivity contribution in [3.05, 3.63) is 23.3 Å². The van der Waals surface area contributed by atoms with Crippen molar-refractivity contribution in [1.29, 1.82) is 0 Å². The van der Waals surface area contributed by atoms with Gasteiger partial charge in [0.1, 0.15) is 16.7 Å². The minimum atomic E-state index is -0.644. The van der Waals surface area contributed by atoms with Crippen LogP contribution in [0.15, 0.2) is 33.3 Å². The van der Waals surface area contributed by atoms with E-state index >= 15 is 0 Å². The van der Waals surface area contributed by atoms with Crippen molar-refractivity contribution in [3.8, 4) is 0 Å². The first-order chi connectivity index (χ1) is 17.1. The third-order valence-corrected chi connectivity index (χ3v) is 9.43. The Morgan fingerprint density at radius 3 is 1.07 bits per heavy atom. The number of allylic oxidation sites excluding steroid dienone is 2. The second-order valence-corrected chi connectivity index (χ2v) is 18.8. The summed E-state index contributed by atoms with van der Waals surface area (Å²) in [4.78, 5) is 11.9. The monoisotopic (exact) mass is 678 g/mol. The fourth-order valence-electron chi connectivity index (χ4n) is 7.76. The molecule has 0 radical (unpaired) electrons. The van der Waals surface area contributed by atoms with Crippen LogP contribution in [0.3, 0.4) is 0 Å². The van der Waals surface area contributed by atoms with Gasteiger partial charge in [0.05, 0.1) is 0 Å². The summed E-state index contributed by atoms with van der Waals surface area (Å²) in [6.45, 7) is 43.1. The molecule has 3 aliphatic heterocycles. The van der Waals surface area contributed by atoms with Gasteiger partial charge < -0.3 is 4.74 Å². The predicted octanol–water partition coefficient (Wildman–Crippen LogP) is 9.14. The van der Waals surface area contributed by atoms with Crippen LogP contribution in [-0.2, 0) is 4.74 Å². The molecule has 0 saturated carbocycles. The first-order valence-electron chi connectivity index (χ1n) is 15.4. The zero-order valence-electron chi connectivity index (χ0n) is 29.1. The summed E-state index contributed by atoms with van der Waals surface area (Å²) in [6, 6.07) is 0. The van der Waals surface area contributed by atoms with E-state index in [0.717, 1.165) is 19.4 Å². The van der Waals surface area contributed by atoms with Crippen LogP contribution < -0.4 is 0 Å². The molecule has 3 aliphatic rings. The summed E-state index contributed by atoms with van der Waals surface area (Å²) in [7, 11) is 0. The quantitative estimate of drug-likeness (QED) is 0.269. The van der Waals surface area contributed by atoms with Crippen molar-refractivity contribution in [2.24, 2.45) is 42.5 Å². The van der Waals surface area contributed by atoms with Gasteiger partial charge >= 0.3 is 48.9 Å². The topological polar surface area (TPSA) is 34.0 Å². The second kappa shape index (κ2) is 10.5. The number of nitrogens with zero attached hydrogens (tertiary/aromatic N) is 2. The van der Waals surface area contributed by atoms with E-state index in [1.54, 1.807) is 0 Å². The molecule has 226 valence electrons. The summed E-state index contributed by atoms with van der Waals surface area (Å²) in [5.41, 5.74) is 2.55. The Morgan fingerprint density at radius 2 is 0.875 bits per heavy atom. The Labute approximate surface area is 289 Å². The molecule has 0 amide bonds. The van der Waals surface area contributed by atoms with E-state index in [4.69, 9.17) is 14.7 Å². The zero-order chi connectivity index (χ0) is 30.5. The summed E-state index contributed by atoms with van der Waals surface area (Å²) in [5, 5.41) is 0. The number of hydrogen-bond acceptors (Lipinski definition) is 3. The number of ether oxygens (including phenoxy) is 1. The van der Waals surface area contributed by atoms with E-state index in [-0.39, 0.29) is 81.4 Å². The van der Waals surface area contributed by atoms with Crippen LogP contribution in [0.5, 0.6) is 0 Å². The van der Waals surface area contributed by atoms with Gasteiger partial charge in [-0.3, -0.25) is 9.98 Å². The molecule has 4 heteroatoms. The van der Waals surface area contributed by atoms with Crippen molar-refractivity contribution in [1.82, 2.24) is 0 Å². The van der Waals surface area contributed by atoms with Gasteiger partial charge in [0.15, 0.2) is 0 Å². The van der Waals surface area contributed by atoms with Gasteiger partial charge in [-0.15, -0.1) is 0 Å². The van der Waals surface area contributed by atoms with Crippen LogP contribution in [0, 0.1) is 32.5 Å². The fraction of sp³-hybridized carbons (Fsp3) is 0.833. The molecule has 2 atom stereocenters. The molecule has 3 heterocycles. The average Bonchev–Trinajstić information content (AvgIpc) is 3.40. The second-order valence-electron chi connectivity index (χ2n) is 18.8. The maximum atomic E-state index is 7.45. The van der Waals surface area contributed by atoms with Gasteiger partial charge in [0, 0.05) is 28.9 Å². The van der Waals surface area contributed by atoms with Crippen LogP contribution >= 0.6 is 0 Å². The fourth-order valence-corrected chi connectivity index (χ4v) is 7.76. The molecule has 3 rings (SSSR count). The minimum absolute atomic E-state index is 0. The molecule has 0 aromatic heterocycles. The molecule has 0 aliphatic carbocycles. The van der Waals surface area contributed by atoms with E-state index in [1.807, 2.05) is 0 Å². The van der Waals surface area contributed by atoms with Crippen LogP contribution in [0.1, 0.15) is 137 Å². The van der Waals surface area contributed by atoms with Gasteiger partial charge in [0.25, 0.3) is 0 Å². The molecular formula is C36H64BaN2O. The van der Waals surface area contributed by atoms with Gasteiger partial charge in [-0.2, -0.15) is 0 Å². The van der Waals surface area contributed by atoms with Crippen molar-refractivity contribution >= 4 is 60.3 Å². The summed E-state index contributed by atoms with van der Waals surface area (Å²) in [6.07, 6.45) is 6.86. The molecule has 0 spiro atoms.